The van der Waals surface area contributed by atoms with Crippen LogP contribution in [0.5, 0.6) is 11.5 Å². The number of urea groups is 1. The second-order valence-electron chi connectivity index (χ2n) is 8.52. The van der Waals surface area contributed by atoms with E-state index in [9.17, 15) is 14.4 Å². The van der Waals surface area contributed by atoms with Gasteiger partial charge >= 0.3 is 6.03 Å². The molecule has 1 saturated heterocycles. The minimum atomic E-state index is -0.810. The van der Waals surface area contributed by atoms with Crippen LogP contribution in [-0.2, 0) is 22.6 Å². The molecule has 38 heavy (non-hydrogen) atoms. The van der Waals surface area contributed by atoms with Gasteiger partial charge in [-0.15, -0.1) is 6.58 Å². The molecule has 1 N–H and O–H groups in total. The van der Waals surface area contributed by atoms with Crippen LogP contribution in [0, 0.1) is 6.92 Å². The van der Waals surface area contributed by atoms with Crippen molar-refractivity contribution in [3.05, 3.63) is 105 Å². The topological polar surface area (TPSA) is 84.9 Å². The van der Waals surface area contributed by atoms with Crippen molar-refractivity contribution < 1.29 is 23.9 Å². The molecule has 4 rings (SSSR count). The van der Waals surface area contributed by atoms with Crippen LogP contribution in [0.4, 0.5) is 10.5 Å². The van der Waals surface area contributed by atoms with Crippen LogP contribution in [-0.4, -0.2) is 25.0 Å². The molecule has 3 aromatic rings. The highest BCUT2D eigenvalue weighted by Gasteiger charge is 2.36. The van der Waals surface area contributed by atoms with Crippen molar-refractivity contribution in [2.24, 2.45) is 0 Å². The highest BCUT2D eigenvalue weighted by atomic mass is 35.5. The molecular formula is C29H24Cl2N2O5. The van der Waals surface area contributed by atoms with E-state index in [2.05, 4.69) is 11.9 Å². The van der Waals surface area contributed by atoms with Gasteiger partial charge in [-0.2, -0.15) is 0 Å². The van der Waals surface area contributed by atoms with Crippen molar-refractivity contribution in [3.63, 3.8) is 0 Å². The Kier molecular flexibility index (Phi) is 8.20. The highest BCUT2D eigenvalue weighted by Crippen LogP contribution is 2.36. The molecule has 3 aromatic carbocycles. The van der Waals surface area contributed by atoms with E-state index < -0.39 is 17.8 Å². The molecule has 1 heterocycles. The lowest BCUT2D eigenvalue weighted by molar-refractivity contribution is -0.122. The van der Waals surface area contributed by atoms with Gasteiger partial charge in [0.2, 0.25) is 0 Å². The van der Waals surface area contributed by atoms with Gasteiger partial charge in [0.05, 0.1) is 12.8 Å². The van der Waals surface area contributed by atoms with Crippen LogP contribution in [0.25, 0.3) is 6.08 Å². The molecule has 0 radical (unpaired) electrons. The first-order chi connectivity index (χ1) is 18.2. The van der Waals surface area contributed by atoms with Gasteiger partial charge in [0.25, 0.3) is 11.8 Å². The van der Waals surface area contributed by atoms with Gasteiger partial charge in [-0.1, -0.05) is 53.0 Å². The first-order valence-corrected chi connectivity index (χ1v) is 12.3. The third kappa shape index (κ3) is 5.74. The quantitative estimate of drug-likeness (QED) is 0.202. The maximum atomic E-state index is 13.3. The Morgan fingerprint density at radius 3 is 2.39 bits per heavy atom. The normalized spacial score (nSPS) is 14.5. The summed E-state index contributed by atoms with van der Waals surface area (Å²) < 4.78 is 11.7. The molecule has 0 bridgehead atoms. The maximum Gasteiger partial charge on any atom is 0.335 e. The molecule has 0 aliphatic carbocycles. The van der Waals surface area contributed by atoms with Crippen molar-refractivity contribution in [1.82, 2.24) is 5.32 Å². The van der Waals surface area contributed by atoms with Gasteiger partial charge in [0.1, 0.15) is 12.2 Å². The van der Waals surface area contributed by atoms with E-state index in [-0.39, 0.29) is 12.2 Å². The van der Waals surface area contributed by atoms with Crippen molar-refractivity contribution in [2.75, 3.05) is 12.0 Å². The maximum absolute atomic E-state index is 13.3. The average molecular weight is 551 g/mol. The van der Waals surface area contributed by atoms with Gasteiger partial charge in [0, 0.05) is 21.2 Å². The van der Waals surface area contributed by atoms with Crippen LogP contribution in [0.15, 0.2) is 72.8 Å². The second-order valence-corrected chi connectivity index (χ2v) is 9.37. The molecule has 194 valence electrons. The molecule has 4 amide bonds. The van der Waals surface area contributed by atoms with Gasteiger partial charge in [0.15, 0.2) is 11.5 Å². The Morgan fingerprint density at radius 1 is 1.00 bits per heavy atom. The monoisotopic (exact) mass is 550 g/mol. The number of hydrogen-bond donors (Lipinski definition) is 1. The number of aryl methyl sites for hydroxylation is 1. The predicted octanol–water partition coefficient (Wildman–Crippen LogP) is 6.28. The first-order valence-electron chi connectivity index (χ1n) is 11.6. The van der Waals surface area contributed by atoms with Gasteiger partial charge < -0.3 is 9.47 Å². The number of amides is 4. The number of hydrogen-bond acceptors (Lipinski definition) is 5. The third-order valence-corrected chi connectivity index (χ3v) is 6.42. The summed E-state index contributed by atoms with van der Waals surface area (Å²) in [6.07, 6.45) is 3.54. The Hall–Kier alpha value is -4.07. The fourth-order valence-electron chi connectivity index (χ4n) is 3.93. The number of barbiturate groups is 1. The average Bonchev–Trinajstić information content (AvgIpc) is 2.87. The third-order valence-electron chi connectivity index (χ3n) is 5.83. The van der Waals surface area contributed by atoms with Crippen molar-refractivity contribution >= 4 is 52.8 Å². The van der Waals surface area contributed by atoms with E-state index >= 15 is 0 Å². The number of methoxy groups -OCH3 is 1. The van der Waals surface area contributed by atoms with E-state index in [4.69, 9.17) is 32.7 Å². The van der Waals surface area contributed by atoms with Crippen LogP contribution in [0.1, 0.15) is 22.3 Å². The fourth-order valence-corrected chi connectivity index (χ4v) is 4.39. The van der Waals surface area contributed by atoms with E-state index in [0.29, 0.717) is 44.8 Å². The molecule has 9 heteroatoms. The summed E-state index contributed by atoms with van der Waals surface area (Å²) in [6, 6.07) is 14.6. The smallest absolute Gasteiger partial charge is 0.335 e. The molecule has 0 spiro atoms. The number of ether oxygens (including phenoxy) is 2. The molecule has 7 nitrogen and oxygen atoms in total. The molecule has 0 unspecified atom stereocenters. The minimum Gasteiger partial charge on any atom is -0.493 e. The van der Waals surface area contributed by atoms with Gasteiger partial charge in [-0.3, -0.25) is 14.9 Å². The molecule has 1 fully saturated rings. The van der Waals surface area contributed by atoms with Crippen LogP contribution in [0.3, 0.4) is 0 Å². The number of allylic oxidation sites excluding steroid dienone is 1. The van der Waals surface area contributed by atoms with Gasteiger partial charge in [-0.25, -0.2) is 9.69 Å². The number of rotatable bonds is 8. The van der Waals surface area contributed by atoms with E-state index in [1.165, 1.54) is 13.2 Å². The first kappa shape index (κ1) is 27.0. The van der Waals surface area contributed by atoms with Crippen molar-refractivity contribution in [3.8, 4) is 11.5 Å². The summed E-state index contributed by atoms with van der Waals surface area (Å²) in [4.78, 5) is 39.3. The highest BCUT2D eigenvalue weighted by molar-refractivity contribution is 6.39. The summed E-state index contributed by atoms with van der Waals surface area (Å²) in [6.45, 7) is 5.86. The summed E-state index contributed by atoms with van der Waals surface area (Å²) in [5.41, 5.74) is 3.08. The lowest BCUT2D eigenvalue weighted by Crippen LogP contribution is -2.54. The van der Waals surface area contributed by atoms with Crippen molar-refractivity contribution in [1.29, 1.82) is 0 Å². The number of halogens is 2. The summed E-state index contributed by atoms with van der Waals surface area (Å²) in [5, 5.41) is 3.22. The largest absolute Gasteiger partial charge is 0.493 e. The van der Waals surface area contributed by atoms with Crippen LogP contribution in [0.2, 0.25) is 10.0 Å². The van der Waals surface area contributed by atoms with E-state index in [0.717, 1.165) is 16.0 Å². The number of carbonyl (C=O) groups excluding carboxylic acids is 3. The SMILES string of the molecule is C=CCc1cc(/C=C2\C(=O)NC(=O)N(c3ccc(C)cc3)C2=O)cc(OC)c1OCc1ccc(Cl)cc1Cl. The Bertz CT molecular complexity index is 1460. The summed E-state index contributed by atoms with van der Waals surface area (Å²) in [5.74, 6) is -0.664. The zero-order valence-electron chi connectivity index (χ0n) is 20.7. The van der Waals surface area contributed by atoms with Crippen LogP contribution >= 0.6 is 23.2 Å². The zero-order chi connectivity index (χ0) is 27.4. The predicted molar refractivity (Wildman–Crippen MR) is 148 cm³/mol. The molecule has 0 atom stereocenters. The van der Waals surface area contributed by atoms with Crippen LogP contribution < -0.4 is 19.7 Å². The molecule has 0 aromatic heterocycles. The number of imide groups is 2. The number of benzene rings is 3. The summed E-state index contributed by atoms with van der Waals surface area (Å²) >= 11 is 12.3. The molecule has 1 aliphatic rings. The van der Waals surface area contributed by atoms with E-state index in [1.807, 2.05) is 6.92 Å². The lowest BCUT2D eigenvalue weighted by atomic mass is 10.0. The number of carbonyl (C=O) groups is 3. The number of nitrogens with zero attached hydrogens (tertiary/aromatic N) is 1. The Labute approximate surface area is 230 Å². The molecule has 0 saturated carbocycles. The second kappa shape index (κ2) is 11.5. The Balaban J connectivity index is 1.70. The number of anilines is 1. The molecule has 1 aliphatic heterocycles. The van der Waals surface area contributed by atoms with Crippen molar-refractivity contribution in [2.45, 2.75) is 20.0 Å². The standard InChI is InChI=1S/C29H24Cl2N2O5/c1-4-5-19-12-18(14-25(37-3)26(19)38-16-20-8-9-21(30)15-24(20)31)13-23-27(34)32-29(36)33(28(23)35)22-10-6-17(2)7-11-22/h4,6-15H,1,5,16H2,2-3H3,(H,32,34,36)/b23-13+. The summed E-state index contributed by atoms with van der Waals surface area (Å²) in [7, 11) is 1.49. The molecular weight excluding hydrogens is 527 g/mol. The van der Waals surface area contributed by atoms with E-state index in [1.54, 1.807) is 60.7 Å². The Morgan fingerprint density at radius 2 is 1.74 bits per heavy atom. The lowest BCUT2D eigenvalue weighted by Gasteiger charge is -2.26. The minimum absolute atomic E-state index is 0.158. The fraction of sp³-hybridized carbons (Fsp3) is 0.138. The van der Waals surface area contributed by atoms with Gasteiger partial charge in [-0.05, 0) is 61.4 Å². The zero-order valence-corrected chi connectivity index (χ0v) is 22.2. The number of nitrogens with one attached hydrogen (secondary N) is 1.